The molecule has 21 heteroatoms. The number of ether oxygens (including phenoxy) is 9. The van der Waals surface area contributed by atoms with Gasteiger partial charge in [0.25, 0.3) is 0 Å². The Morgan fingerprint density at radius 3 is 0.789 bits per heavy atom. The molecule has 15 unspecified atom stereocenters. The van der Waals surface area contributed by atoms with Gasteiger partial charge in [0.15, 0.2) is 34.6 Å². The minimum atomic E-state index is -0.852. The predicted molar refractivity (Wildman–Crippen MR) is 543 cm³/mol. The zero-order chi connectivity index (χ0) is 99.8. The van der Waals surface area contributed by atoms with E-state index >= 15 is 0 Å². The van der Waals surface area contributed by atoms with Crippen LogP contribution < -0.4 is 0 Å². The maximum atomic E-state index is 12.5. The van der Waals surface area contributed by atoms with Gasteiger partial charge in [-0.15, -0.1) is 11.8 Å². The molecule has 0 aliphatic heterocycles. The van der Waals surface area contributed by atoms with Crippen molar-refractivity contribution in [3.63, 3.8) is 0 Å². The Morgan fingerprint density at radius 1 is 0.316 bits per heavy atom. The average molecular weight is 1870 g/mol. The van der Waals surface area contributed by atoms with Crippen molar-refractivity contribution in [2.75, 3.05) is 70.2 Å². The maximum Gasteiger partial charge on any atom is 0.204 e. The Balaban J connectivity index is 0.000000835. The fourth-order valence-electron chi connectivity index (χ4n) is 16.8. The molecule has 0 fully saturated rings. The zero-order valence-corrected chi connectivity index (χ0v) is 87.0. The first-order chi connectivity index (χ1) is 62.6. The van der Waals surface area contributed by atoms with Crippen LogP contribution in [-0.2, 0) is 77.8 Å². The van der Waals surface area contributed by atoms with Crippen molar-refractivity contribution in [3.05, 3.63) is 221 Å². The van der Waals surface area contributed by atoms with Crippen LogP contribution in [0.4, 0.5) is 0 Å². The number of carbonyl (C=O) groups is 6. The van der Waals surface area contributed by atoms with E-state index in [2.05, 4.69) is 175 Å². The number of benzene rings is 1. The second-order valence-electron chi connectivity index (χ2n) is 36.3. The summed E-state index contributed by atoms with van der Waals surface area (Å²) in [7, 11) is 13.1. The number of carbonyl (C=O) groups excluding carboxylic acids is 6. The smallest absolute Gasteiger partial charge is 0.204 e. The van der Waals surface area contributed by atoms with Crippen molar-refractivity contribution in [2.24, 2.45) is 59.2 Å². The van der Waals surface area contributed by atoms with Crippen LogP contribution in [-0.4, -0.2) is 161 Å². The quantitative estimate of drug-likeness (QED) is 0.0299. The first kappa shape index (κ1) is 122. The summed E-state index contributed by atoms with van der Waals surface area (Å²) < 4.78 is 46.9. The van der Waals surface area contributed by atoms with Crippen molar-refractivity contribution in [1.29, 1.82) is 0 Å². The fraction of sp³-hybridized carbons (Fsp3) is 0.607. The van der Waals surface area contributed by atoms with Crippen LogP contribution in [0.2, 0.25) is 0 Å². The molecule has 5 N–H and O–H groups in total. The molecule has 0 saturated heterocycles. The second kappa shape index (κ2) is 65.2. The van der Waals surface area contributed by atoms with Gasteiger partial charge in [-0.25, -0.2) is 0 Å². The van der Waals surface area contributed by atoms with Gasteiger partial charge in [-0.3, -0.25) is 28.8 Å². The lowest BCUT2D eigenvalue weighted by atomic mass is 9.77. The number of rotatable bonds is 45. The van der Waals surface area contributed by atoms with Crippen molar-refractivity contribution in [2.45, 2.75) is 318 Å². The molecule has 133 heavy (non-hydrogen) atoms. The topological polar surface area (TPSA) is 287 Å². The van der Waals surface area contributed by atoms with E-state index < -0.39 is 30.5 Å². The number of aliphatic hydroxyl groups is 5. The van der Waals surface area contributed by atoms with E-state index in [0.717, 1.165) is 115 Å². The standard InChI is InChI=1S/C25H38O5.C25H34O4.C25H40O4.C20H32O4.C16H26O3S.CH4/c1-16(12-9-13-18(3)20(5)26)10-8-11-17(2)14-15-21-19(4)22(27)24(29-6)25(30-7)23(21)28;1-17(10-9-11-18(2)16-20-12-7-6-8-13-20)14-15-21-19(3)22(26)24(28-4)25(29-5)23(21)27;1-8-17(2)11-9-12-18(3)13-10-14-19(4)15-16-21-20(5)22(26)24(28-6)25(29-7)23(21)27;1-7-13(2)9-8-10-14(3)11-12-16-15(4)17(21)19(23-5)20(24-6)18(16)22;1-6-7-10(2)8-9-12-11(3)13(17)16(20-5)15(19-4)14(12)18;/h10,13-14,19,21,23,28H,8-9,11-12,15H2,1-7H3;6-8,11-14,19,21,23,27H,9-10,15-16H2,1-5H3;11,13,15,20-21,23,27H,8-10,12,14,16H2,1-7H3;9,11,15-16,18,22H,7-8,10,12H2,1-6H3;8,11-12,14,18H,6-7,9H2,1-5H3;1H4/b16-10+,17-14+,18-13+;17-14+,18-11+;17-11+,18-13+,19-15+;13-9+,14-11+;10-8+;. The highest BCUT2D eigenvalue weighted by Gasteiger charge is 2.47. The summed E-state index contributed by atoms with van der Waals surface area (Å²) in [4.78, 5) is 74.1. The molecule has 20 nitrogen and oxygen atoms in total. The normalized spacial score (nSPS) is 24.6. The summed E-state index contributed by atoms with van der Waals surface area (Å²) >= 11 is 1.36. The summed E-state index contributed by atoms with van der Waals surface area (Å²) in [6, 6.07) is 10.5. The number of hydrogen-bond donors (Lipinski definition) is 5. The molecule has 0 bridgehead atoms. The molecule has 15 atom stereocenters. The third-order valence-corrected chi connectivity index (χ3v) is 27.3. The summed E-state index contributed by atoms with van der Waals surface area (Å²) in [5.74, 6) is -0.558. The van der Waals surface area contributed by atoms with Crippen molar-refractivity contribution in [1.82, 2.24) is 0 Å². The number of hydrogen-bond acceptors (Lipinski definition) is 21. The molecule has 0 spiro atoms. The first-order valence-electron chi connectivity index (χ1n) is 47.6. The summed E-state index contributed by atoms with van der Waals surface area (Å²) in [6.45, 7) is 40.6. The maximum absolute atomic E-state index is 12.5. The van der Waals surface area contributed by atoms with Gasteiger partial charge in [-0.05, 0) is 235 Å². The van der Waals surface area contributed by atoms with Crippen molar-refractivity contribution < 1.29 is 96.9 Å². The molecule has 0 radical (unpaired) electrons. The number of Topliss-reactive ketones (excluding diaryl/α,β-unsaturated/α-hetero) is 6. The lowest BCUT2D eigenvalue weighted by molar-refractivity contribution is -0.128. The highest BCUT2D eigenvalue weighted by Crippen LogP contribution is 2.42. The summed E-state index contributed by atoms with van der Waals surface area (Å²) in [5, 5.41) is 53.0. The van der Waals surface area contributed by atoms with Crippen molar-refractivity contribution >= 4 is 46.5 Å². The van der Waals surface area contributed by atoms with E-state index in [9.17, 15) is 54.3 Å². The molecule has 0 aromatic heterocycles. The van der Waals surface area contributed by atoms with Crippen molar-refractivity contribution in [3.8, 4) is 0 Å². The monoisotopic (exact) mass is 1870 g/mol. The van der Waals surface area contributed by atoms with Crippen LogP contribution in [0, 0.1) is 59.2 Å². The molecule has 748 valence electrons. The van der Waals surface area contributed by atoms with E-state index in [0.29, 0.717) is 42.8 Å². The molecule has 1 aromatic rings. The lowest BCUT2D eigenvalue weighted by Crippen LogP contribution is -2.40. The summed E-state index contributed by atoms with van der Waals surface area (Å²) in [6.07, 6.45) is 42.5. The van der Waals surface area contributed by atoms with Gasteiger partial charge in [0.2, 0.25) is 46.2 Å². The third-order valence-electron chi connectivity index (χ3n) is 26.5. The van der Waals surface area contributed by atoms with E-state index in [4.69, 9.17) is 42.6 Å². The number of aliphatic hydroxyl groups excluding tert-OH is 5. The highest BCUT2D eigenvalue weighted by atomic mass is 32.2. The van der Waals surface area contributed by atoms with E-state index in [-0.39, 0.29) is 147 Å². The minimum Gasteiger partial charge on any atom is -0.497 e. The highest BCUT2D eigenvalue weighted by molar-refractivity contribution is 8.03. The number of ketones is 6. The molecule has 5 aliphatic carbocycles. The van der Waals surface area contributed by atoms with Gasteiger partial charge in [0.1, 0.15) is 36.3 Å². The van der Waals surface area contributed by atoms with Crippen LogP contribution in [0.1, 0.15) is 286 Å². The van der Waals surface area contributed by atoms with E-state index in [1.54, 1.807) is 6.92 Å². The fourth-order valence-corrected chi connectivity index (χ4v) is 17.6. The van der Waals surface area contributed by atoms with Crippen LogP contribution in [0.5, 0.6) is 0 Å². The molecule has 1 aromatic carbocycles. The number of methoxy groups -OCH3 is 9. The molecular weight excluding hydrogens is 1700 g/mol. The zero-order valence-electron chi connectivity index (χ0n) is 86.2. The van der Waals surface area contributed by atoms with Gasteiger partial charge in [-0.1, -0.05) is 222 Å². The first-order valence-corrected chi connectivity index (χ1v) is 48.8. The van der Waals surface area contributed by atoms with Crippen LogP contribution in [0.25, 0.3) is 0 Å². The Hall–Kier alpha value is -8.57. The minimum absolute atomic E-state index is 0. The predicted octanol–water partition coefficient (Wildman–Crippen LogP) is 24.3. The van der Waals surface area contributed by atoms with Gasteiger partial charge in [0.05, 0.1) is 68.9 Å². The van der Waals surface area contributed by atoms with Crippen LogP contribution in [0.15, 0.2) is 215 Å². The molecule has 5 aliphatic rings. The Kier molecular flexibility index (Phi) is 60.0. The lowest BCUT2D eigenvalue weighted by Gasteiger charge is -2.34. The molecular formula is C112H174O20S. The van der Waals surface area contributed by atoms with Crippen LogP contribution >= 0.6 is 11.8 Å². The van der Waals surface area contributed by atoms with Gasteiger partial charge in [0, 0.05) is 59.2 Å². The number of thioether (sulfide) groups is 1. The van der Waals surface area contributed by atoms with Gasteiger partial charge >= 0.3 is 0 Å². The average Bonchev–Trinajstić information content (AvgIpc) is 0.811. The largest absolute Gasteiger partial charge is 0.497 e. The second-order valence-corrected chi connectivity index (χ2v) is 37.1. The molecule has 0 amide bonds. The van der Waals surface area contributed by atoms with Gasteiger partial charge in [-0.2, -0.15) is 0 Å². The third kappa shape index (κ3) is 39.2. The molecule has 0 saturated carbocycles. The summed E-state index contributed by atoms with van der Waals surface area (Å²) in [5.41, 5.74) is 15.5. The van der Waals surface area contributed by atoms with Crippen LogP contribution in [0.3, 0.4) is 0 Å². The van der Waals surface area contributed by atoms with Gasteiger partial charge < -0.3 is 68.2 Å². The Morgan fingerprint density at radius 2 is 0.549 bits per heavy atom. The Labute approximate surface area is 806 Å². The Bertz CT molecular complexity index is 4380. The number of allylic oxidation sites excluding steroid dienone is 27. The SMILES string of the molecule is C.CC/C(C)=C/CC/C(C)=C/CC/C(C)=C/CC1C(C)C(=O)C(OC)=C(OC)C1O.CC/C(C)=C/CC/C(C)=C/CC1C(C)C(=O)C(OC)=C(OC)C1O.CCC/C(C)=C/CC1C(C)C(=O)C(SC)=C(OC)C1O.COC1=C(OC)C(O)C(C/C=C(\C)CC/C=C(\C)CC/C=C(\C)C(C)=O)C(C)C1=O.COC1=C(OC)C(O)C(C/C=C(\C)CC/C=C(\C)Cc2ccccc2)C(C)C1=O. The molecule has 6 rings (SSSR count). The molecule has 0 heterocycles. The van der Waals surface area contributed by atoms with E-state index in [1.165, 1.54) is 137 Å². The van der Waals surface area contributed by atoms with E-state index in [1.807, 2.05) is 59.9 Å².